The summed E-state index contributed by atoms with van der Waals surface area (Å²) in [6, 6.07) is 5.44. The van der Waals surface area contributed by atoms with E-state index in [-0.39, 0.29) is 0 Å². The van der Waals surface area contributed by atoms with Crippen LogP contribution >= 0.6 is 0 Å². The van der Waals surface area contributed by atoms with Crippen LogP contribution in [-0.4, -0.2) is 41.1 Å². The molecule has 2 aromatic rings. The number of carbonyl (C=O) groups excluding carboxylic acids is 1. The molecule has 0 aliphatic carbocycles. The van der Waals surface area contributed by atoms with Crippen LogP contribution in [0, 0.1) is 0 Å². The second-order valence-corrected chi connectivity index (χ2v) is 5.27. The zero-order valence-electron chi connectivity index (χ0n) is 11.4. The maximum atomic E-state index is 10.9. The molecular formula is C14H18N4O2. The summed E-state index contributed by atoms with van der Waals surface area (Å²) in [5.74, 6) is 1.80. The van der Waals surface area contributed by atoms with Gasteiger partial charge < -0.3 is 20.4 Å². The predicted molar refractivity (Wildman–Crippen MR) is 75.8 cm³/mol. The fraction of sp³-hybridized carbons (Fsp3) is 0.429. The number of nitrogens with one attached hydrogen (secondary N) is 1. The number of H-pyrrole nitrogens is 1. The molecule has 1 aromatic heterocycles. The lowest BCUT2D eigenvalue weighted by Gasteiger charge is -2.27. The Bertz CT molecular complexity index is 629. The summed E-state index contributed by atoms with van der Waals surface area (Å²) in [7, 11) is 2.13. The summed E-state index contributed by atoms with van der Waals surface area (Å²) in [6.07, 6.45) is 1.35. The van der Waals surface area contributed by atoms with Crippen molar-refractivity contribution in [2.24, 2.45) is 5.73 Å². The molecule has 0 unspecified atom stereocenters. The highest BCUT2D eigenvalue weighted by Crippen LogP contribution is 2.30. The summed E-state index contributed by atoms with van der Waals surface area (Å²) in [5.41, 5.74) is 6.62. The van der Waals surface area contributed by atoms with Crippen molar-refractivity contribution in [2.75, 3.05) is 20.1 Å². The average molecular weight is 274 g/mol. The van der Waals surface area contributed by atoms with Gasteiger partial charge in [-0.1, -0.05) is 6.07 Å². The van der Waals surface area contributed by atoms with Crippen molar-refractivity contribution in [1.82, 2.24) is 14.9 Å². The second kappa shape index (κ2) is 5.13. The van der Waals surface area contributed by atoms with Gasteiger partial charge in [-0.2, -0.15) is 0 Å². The third kappa shape index (κ3) is 2.46. The highest BCUT2D eigenvalue weighted by molar-refractivity contribution is 5.84. The summed E-state index contributed by atoms with van der Waals surface area (Å²) in [5, 5.41) is 0. The highest BCUT2D eigenvalue weighted by atomic mass is 16.5. The molecule has 0 spiro atoms. The molecule has 1 fully saturated rings. The molecule has 0 radical (unpaired) electrons. The van der Waals surface area contributed by atoms with E-state index in [0.29, 0.717) is 17.2 Å². The summed E-state index contributed by atoms with van der Waals surface area (Å²) >= 11 is 0. The highest BCUT2D eigenvalue weighted by Gasteiger charge is 2.22. The van der Waals surface area contributed by atoms with Crippen LogP contribution in [0.4, 0.5) is 4.79 Å². The number of benzene rings is 1. The van der Waals surface area contributed by atoms with Gasteiger partial charge in [0, 0.05) is 5.92 Å². The zero-order chi connectivity index (χ0) is 14.1. The number of para-hydroxylation sites is 1. The Hall–Kier alpha value is -2.08. The molecule has 6 heteroatoms. The molecule has 0 bridgehead atoms. The van der Waals surface area contributed by atoms with Crippen LogP contribution in [0.5, 0.6) is 5.75 Å². The molecule has 0 atom stereocenters. The van der Waals surface area contributed by atoms with Gasteiger partial charge in [-0.15, -0.1) is 0 Å². The number of likely N-dealkylation sites (tertiary alicyclic amines) is 1. The van der Waals surface area contributed by atoms with Crippen molar-refractivity contribution in [1.29, 1.82) is 0 Å². The van der Waals surface area contributed by atoms with Crippen molar-refractivity contribution < 1.29 is 9.53 Å². The Kier molecular flexibility index (Phi) is 3.31. The number of piperidine rings is 1. The molecule has 3 N–H and O–H groups in total. The SMILES string of the molecule is CN1CCC(c2nc3c(OC(N)=O)cccc3[nH]2)CC1. The molecule has 0 saturated carbocycles. The molecule has 2 heterocycles. The lowest BCUT2D eigenvalue weighted by atomic mass is 9.97. The molecular weight excluding hydrogens is 256 g/mol. The minimum absolute atomic E-state index is 0.408. The molecule has 6 nitrogen and oxygen atoms in total. The number of aromatic amines is 1. The van der Waals surface area contributed by atoms with Gasteiger partial charge in [-0.3, -0.25) is 0 Å². The van der Waals surface area contributed by atoms with E-state index in [9.17, 15) is 4.79 Å². The van der Waals surface area contributed by atoms with E-state index in [1.807, 2.05) is 12.1 Å². The van der Waals surface area contributed by atoms with Crippen molar-refractivity contribution in [3.8, 4) is 5.75 Å². The van der Waals surface area contributed by atoms with Crippen LogP contribution < -0.4 is 10.5 Å². The number of primary amides is 1. The van der Waals surface area contributed by atoms with Gasteiger partial charge in [0.1, 0.15) is 11.3 Å². The van der Waals surface area contributed by atoms with Gasteiger partial charge in [0.05, 0.1) is 5.52 Å². The number of imidazole rings is 1. The van der Waals surface area contributed by atoms with Crippen molar-refractivity contribution in [2.45, 2.75) is 18.8 Å². The van der Waals surface area contributed by atoms with Crippen LogP contribution in [-0.2, 0) is 0 Å². The van der Waals surface area contributed by atoms with E-state index in [2.05, 4.69) is 21.9 Å². The smallest absolute Gasteiger partial charge is 0.408 e. The molecule has 3 rings (SSSR count). The number of hydrogen-bond donors (Lipinski definition) is 2. The van der Waals surface area contributed by atoms with Gasteiger partial charge in [-0.25, -0.2) is 9.78 Å². The van der Waals surface area contributed by atoms with E-state index < -0.39 is 6.09 Å². The van der Waals surface area contributed by atoms with Crippen molar-refractivity contribution >= 4 is 17.1 Å². The van der Waals surface area contributed by atoms with Crippen LogP contribution in [0.25, 0.3) is 11.0 Å². The van der Waals surface area contributed by atoms with Crippen LogP contribution in [0.15, 0.2) is 18.2 Å². The quantitative estimate of drug-likeness (QED) is 0.875. The topological polar surface area (TPSA) is 84.2 Å². The third-order valence-electron chi connectivity index (χ3n) is 3.81. The summed E-state index contributed by atoms with van der Waals surface area (Å²) in [6.45, 7) is 2.15. The Morgan fingerprint density at radius 3 is 2.90 bits per heavy atom. The van der Waals surface area contributed by atoms with Crippen LogP contribution in [0.3, 0.4) is 0 Å². The number of carbonyl (C=O) groups is 1. The first-order chi connectivity index (χ1) is 9.63. The molecule has 1 aromatic carbocycles. The van der Waals surface area contributed by atoms with E-state index in [4.69, 9.17) is 10.5 Å². The number of nitrogens with two attached hydrogens (primary N) is 1. The van der Waals surface area contributed by atoms with Gasteiger partial charge in [0.2, 0.25) is 0 Å². The van der Waals surface area contributed by atoms with Gasteiger partial charge in [0.25, 0.3) is 0 Å². The number of aromatic nitrogens is 2. The van der Waals surface area contributed by atoms with E-state index >= 15 is 0 Å². The van der Waals surface area contributed by atoms with E-state index in [1.54, 1.807) is 6.07 Å². The first-order valence-electron chi connectivity index (χ1n) is 6.78. The molecule has 1 aliphatic heterocycles. The monoisotopic (exact) mass is 274 g/mol. The zero-order valence-corrected chi connectivity index (χ0v) is 11.4. The molecule has 106 valence electrons. The number of amides is 1. The minimum atomic E-state index is -0.818. The van der Waals surface area contributed by atoms with Crippen LogP contribution in [0.1, 0.15) is 24.6 Å². The number of hydrogen-bond acceptors (Lipinski definition) is 4. The average Bonchev–Trinajstić information content (AvgIpc) is 2.84. The van der Waals surface area contributed by atoms with E-state index in [0.717, 1.165) is 37.3 Å². The number of fused-ring (bicyclic) bond motifs is 1. The first-order valence-corrected chi connectivity index (χ1v) is 6.78. The number of rotatable bonds is 2. The predicted octanol–water partition coefficient (Wildman–Crippen LogP) is 1.83. The standard InChI is InChI=1S/C14H18N4O2/c1-18-7-5-9(6-8-18)13-16-10-3-2-4-11(12(10)17-13)20-14(15)19/h2-4,9H,5-8H2,1H3,(H2,15,19)(H,16,17). The van der Waals surface area contributed by atoms with E-state index in [1.165, 1.54) is 0 Å². The van der Waals surface area contributed by atoms with Gasteiger partial charge in [0.15, 0.2) is 5.75 Å². The molecule has 1 saturated heterocycles. The fourth-order valence-corrected chi connectivity index (χ4v) is 2.69. The molecule has 1 aliphatic rings. The maximum Gasteiger partial charge on any atom is 0.410 e. The minimum Gasteiger partial charge on any atom is -0.408 e. The fourth-order valence-electron chi connectivity index (χ4n) is 2.69. The Labute approximate surface area is 116 Å². The number of nitrogens with zero attached hydrogens (tertiary/aromatic N) is 2. The summed E-state index contributed by atoms with van der Waals surface area (Å²) in [4.78, 5) is 21.2. The first kappa shape index (κ1) is 12.9. The van der Waals surface area contributed by atoms with Crippen molar-refractivity contribution in [3.05, 3.63) is 24.0 Å². The summed E-state index contributed by atoms with van der Waals surface area (Å²) < 4.78 is 4.99. The lowest BCUT2D eigenvalue weighted by molar-refractivity contribution is 0.211. The Morgan fingerprint density at radius 2 is 2.20 bits per heavy atom. The Balaban J connectivity index is 1.92. The number of ether oxygens (including phenoxy) is 1. The largest absolute Gasteiger partial charge is 0.410 e. The third-order valence-corrected chi connectivity index (χ3v) is 3.81. The Morgan fingerprint density at radius 1 is 1.45 bits per heavy atom. The normalized spacial score (nSPS) is 17.4. The lowest BCUT2D eigenvalue weighted by Crippen LogP contribution is -2.29. The van der Waals surface area contributed by atoms with Gasteiger partial charge >= 0.3 is 6.09 Å². The van der Waals surface area contributed by atoms with Crippen LogP contribution in [0.2, 0.25) is 0 Å². The van der Waals surface area contributed by atoms with Gasteiger partial charge in [-0.05, 0) is 45.1 Å². The van der Waals surface area contributed by atoms with Crippen molar-refractivity contribution in [3.63, 3.8) is 0 Å². The maximum absolute atomic E-state index is 10.9. The molecule has 20 heavy (non-hydrogen) atoms. The second-order valence-electron chi connectivity index (χ2n) is 5.27. The molecule has 1 amide bonds.